The van der Waals surface area contributed by atoms with Crippen molar-refractivity contribution in [3.8, 4) is 0 Å². The van der Waals surface area contributed by atoms with E-state index >= 15 is 0 Å². The molecule has 0 aromatic heterocycles. The maximum Gasteiger partial charge on any atom is 0.163 e. The second-order valence-electron chi connectivity index (χ2n) is 30.4. The van der Waals surface area contributed by atoms with Gasteiger partial charge in [0.2, 0.25) is 0 Å². The molecule has 4 fully saturated rings. The molecule has 0 aliphatic heterocycles. The van der Waals surface area contributed by atoms with Crippen molar-refractivity contribution >= 4 is 23.1 Å². The molecule has 0 bridgehead atoms. The van der Waals surface area contributed by atoms with Crippen LogP contribution in [-0.2, 0) is 32.0 Å². The molecule has 6 heteroatoms. The summed E-state index contributed by atoms with van der Waals surface area (Å²) in [6, 6.07) is 13.0. The molecule has 0 spiro atoms. The number of allylic oxidation sites excluding steroid dienone is 10. The van der Waals surface area contributed by atoms with Gasteiger partial charge < -0.3 is 0 Å². The van der Waals surface area contributed by atoms with E-state index in [4.69, 9.17) is 13.2 Å². The van der Waals surface area contributed by atoms with Gasteiger partial charge in [-0.2, -0.15) is 0 Å². The number of unbranched alkanes of at least 4 members (excludes halogenated alkanes) is 1. The van der Waals surface area contributed by atoms with Crippen molar-refractivity contribution < 1.29 is 28.0 Å². The van der Waals surface area contributed by atoms with Gasteiger partial charge in [0.15, 0.2) is 11.6 Å². The Hall–Kier alpha value is -4.58. The van der Waals surface area contributed by atoms with Gasteiger partial charge in [-0.3, -0.25) is 19.2 Å². The number of carbonyl (C=O) groups excluding carboxylic acids is 4. The Morgan fingerprint density at radius 1 is 0.506 bits per heavy atom. The number of Topliss-reactive ketones (excluding diaryl/α,β-unsaturated/α-hetero) is 4. The summed E-state index contributed by atoms with van der Waals surface area (Å²) >= 11 is 0. The highest BCUT2D eigenvalue weighted by atomic mass is 19.1. The van der Waals surface area contributed by atoms with Crippen molar-refractivity contribution in [2.45, 2.75) is 250 Å². The number of halogens is 2. The molecule has 0 amide bonds. The van der Waals surface area contributed by atoms with E-state index in [9.17, 15) is 28.0 Å². The molecular weight excluding hydrogens is 1070 g/mol. The standard InChI is InChI=1S/C77H102F2O4.2C2H6/c1-47-18-23-59(61(32-47)35-51(5)68-45-76(6,7)70-43-73(81)62(40-66(68)70)36-52-19-28-64(78)29-20-52)39-55-25-24-54(33-49(55)3)48(2)14-10-13-17-72(80)60-27-26-56(50(4)34-60)38-57-15-11-12-16-58(57)42-75(83)69-46-77(8,9)71-44-74(82)63(41-67(69)71)37-53-21-30-65(79)31-22-53;2*1-2/h19-22,28-31,40-41,47,49-50,54-61,68-69H,2,5,10-18,23-27,32-39,42-46H2,1,3-4,6-9H3;2*1-2H3/t47-,49+,50+,54?,55?,56?,57+,58?,59+,60?,61?,68?,69?;;/m0../s1. The van der Waals surface area contributed by atoms with Crippen LogP contribution in [0.4, 0.5) is 8.78 Å². The maximum atomic E-state index is 14.5. The minimum atomic E-state index is -0.283. The molecule has 87 heavy (non-hydrogen) atoms. The largest absolute Gasteiger partial charge is 0.299 e. The second-order valence-corrected chi connectivity index (χ2v) is 30.4. The predicted octanol–water partition coefficient (Wildman–Crippen LogP) is 21.6. The molecule has 2 aromatic rings. The number of hydrogen-bond donors (Lipinski definition) is 0. The first-order chi connectivity index (χ1) is 41.6. The van der Waals surface area contributed by atoms with Crippen molar-refractivity contribution in [1.82, 2.24) is 0 Å². The topological polar surface area (TPSA) is 68.3 Å². The van der Waals surface area contributed by atoms with Gasteiger partial charge in [-0.05, 0) is 226 Å². The van der Waals surface area contributed by atoms with Crippen LogP contribution >= 0.6 is 0 Å². The Bertz CT molecular complexity index is 2890. The minimum Gasteiger partial charge on any atom is -0.299 e. The van der Waals surface area contributed by atoms with Crippen molar-refractivity contribution in [2.75, 3.05) is 0 Å². The smallest absolute Gasteiger partial charge is 0.163 e. The fourth-order valence-corrected chi connectivity index (χ4v) is 18.4. The zero-order valence-electron chi connectivity index (χ0n) is 56.2. The van der Waals surface area contributed by atoms with E-state index in [-0.39, 0.29) is 51.8 Å². The summed E-state index contributed by atoms with van der Waals surface area (Å²) in [4.78, 5) is 55.2. The lowest BCUT2D eigenvalue weighted by molar-refractivity contribution is -0.125. The number of benzene rings is 2. The average molecular weight is 1190 g/mol. The Balaban J connectivity index is 0.00000240. The molecule has 4 nitrogen and oxygen atoms in total. The fraction of sp³-hybridized carbons (Fsp3) is 0.654. The van der Waals surface area contributed by atoms with Gasteiger partial charge >= 0.3 is 0 Å². The number of rotatable bonds is 21. The summed E-state index contributed by atoms with van der Waals surface area (Å²) in [7, 11) is 0. The van der Waals surface area contributed by atoms with Crippen LogP contribution in [0, 0.1) is 99.4 Å². The van der Waals surface area contributed by atoms with E-state index in [0.29, 0.717) is 91.5 Å². The average Bonchev–Trinajstić information content (AvgIpc) is 3.40. The zero-order chi connectivity index (χ0) is 62.9. The van der Waals surface area contributed by atoms with Gasteiger partial charge in [-0.15, -0.1) is 0 Å². The minimum absolute atomic E-state index is 0.0297. The molecular formula is C81H114F2O4. The normalized spacial score (nSPS) is 31.1. The SMILES string of the molecule is C=C(CCCCC(=O)C1CCC(C[C@H]2CCCCC2CC(=O)C2CC(C)(C)C3=C2C=C(Cc2ccc(F)cc2)C(=O)C3)[C@H](C)C1)C1CCC(C[C@H]2CC[C@H](C)CC2CC(=C)C2CC(C)(C)C3=C2C=C(Cc2ccc(F)cc2)C(=O)C3)[C@H](C)C1.CC.CC. The van der Waals surface area contributed by atoms with Crippen LogP contribution in [0.2, 0.25) is 0 Å². The van der Waals surface area contributed by atoms with E-state index in [0.717, 1.165) is 115 Å². The van der Waals surface area contributed by atoms with Gasteiger partial charge in [-0.1, -0.05) is 174 Å². The number of hydrogen-bond acceptors (Lipinski definition) is 4. The van der Waals surface area contributed by atoms with Crippen molar-refractivity contribution in [2.24, 2.45) is 87.8 Å². The van der Waals surface area contributed by atoms with E-state index in [1.165, 1.54) is 117 Å². The summed E-state index contributed by atoms with van der Waals surface area (Å²) in [5.41, 5.74) is 10.9. The Kier molecular flexibility index (Phi) is 23.9. The molecule has 8 unspecified atom stereocenters. The summed E-state index contributed by atoms with van der Waals surface area (Å²) < 4.78 is 27.4. The van der Waals surface area contributed by atoms with Crippen LogP contribution < -0.4 is 0 Å². The first-order valence-electron chi connectivity index (χ1n) is 35.4. The third kappa shape index (κ3) is 16.9. The van der Waals surface area contributed by atoms with E-state index < -0.39 is 0 Å². The third-order valence-electron chi connectivity index (χ3n) is 23.6. The predicted molar refractivity (Wildman–Crippen MR) is 357 cm³/mol. The highest BCUT2D eigenvalue weighted by Gasteiger charge is 2.47. The molecule has 8 aliphatic rings. The van der Waals surface area contributed by atoms with Crippen LogP contribution in [0.5, 0.6) is 0 Å². The fourth-order valence-electron chi connectivity index (χ4n) is 18.4. The van der Waals surface area contributed by atoms with Crippen LogP contribution in [-0.4, -0.2) is 23.1 Å². The lowest BCUT2D eigenvalue weighted by atomic mass is 9.64. The Labute approximate surface area is 526 Å². The van der Waals surface area contributed by atoms with Gasteiger partial charge in [0, 0.05) is 67.4 Å². The first-order valence-corrected chi connectivity index (χ1v) is 35.4. The quantitative estimate of drug-likeness (QED) is 0.0923. The van der Waals surface area contributed by atoms with Gasteiger partial charge in [0.1, 0.15) is 23.2 Å². The highest BCUT2D eigenvalue weighted by molar-refractivity contribution is 6.01. The Morgan fingerprint density at radius 3 is 1.51 bits per heavy atom. The maximum absolute atomic E-state index is 14.5. The third-order valence-corrected chi connectivity index (χ3v) is 23.6. The summed E-state index contributed by atoms with van der Waals surface area (Å²) in [6.07, 6.45) is 31.4. The first kappa shape index (κ1) is 68.3. The van der Waals surface area contributed by atoms with Crippen molar-refractivity contribution in [3.05, 3.63) is 141 Å². The molecule has 13 atom stereocenters. The van der Waals surface area contributed by atoms with Crippen LogP contribution in [0.1, 0.15) is 248 Å². The highest BCUT2D eigenvalue weighted by Crippen LogP contribution is 2.56. The van der Waals surface area contributed by atoms with Gasteiger partial charge in [0.25, 0.3) is 0 Å². The molecule has 0 N–H and O–H groups in total. The van der Waals surface area contributed by atoms with Gasteiger partial charge in [-0.25, -0.2) is 8.78 Å². The molecule has 10 rings (SSSR count). The summed E-state index contributed by atoms with van der Waals surface area (Å²) in [5, 5.41) is 0. The van der Waals surface area contributed by atoms with Crippen molar-refractivity contribution in [1.29, 1.82) is 0 Å². The monoisotopic (exact) mass is 1190 g/mol. The molecule has 2 aromatic carbocycles. The van der Waals surface area contributed by atoms with Crippen LogP contribution in [0.3, 0.4) is 0 Å². The second kappa shape index (κ2) is 30.5. The molecule has 4 saturated carbocycles. The van der Waals surface area contributed by atoms with Crippen LogP contribution in [0.25, 0.3) is 0 Å². The summed E-state index contributed by atoms with van der Waals surface area (Å²) in [6.45, 7) is 33.9. The Morgan fingerprint density at radius 2 is 0.966 bits per heavy atom. The number of ketones is 4. The number of carbonyl (C=O) groups is 4. The van der Waals surface area contributed by atoms with E-state index in [1.54, 1.807) is 24.3 Å². The van der Waals surface area contributed by atoms with Crippen LogP contribution in [0.15, 0.2) is 118 Å². The van der Waals surface area contributed by atoms with Crippen molar-refractivity contribution in [3.63, 3.8) is 0 Å². The molecule has 476 valence electrons. The molecule has 0 radical (unpaired) electrons. The summed E-state index contributed by atoms with van der Waals surface area (Å²) in [5.74, 6) is 7.13. The van der Waals surface area contributed by atoms with Gasteiger partial charge in [0.05, 0.1) is 0 Å². The lowest BCUT2D eigenvalue weighted by Gasteiger charge is -2.42. The lowest BCUT2D eigenvalue weighted by Crippen LogP contribution is -2.32. The zero-order valence-corrected chi connectivity index (χ0v) is 56.2. The van der Waals surface area contributed by atoms with E-state index in [2.05, 4.69) is 54.5 Å². The molecule has 0 saturated heterocycles. The molecule has 0 heterocycles. The van der Waals surface area contributed by atoms with E-state index in [1.807, 2.05) is 33.8 Å². The molecule has 8 aliphatic carbocycles.